The summed E-state index contributed by atoms with van der Waals surface area (Å²) in [5, 5.41) is 0. The SMILES string of the molecule is C\C=C/C=C(C(C)=CCC)\C(=C\CC)CC. The van der Waals surface area contributed by atoms with Crippen LogP contribution in [0.3, 0.4) is 0 Å². The Morgan fingerprint density at radius 2 is 1.62 bits per heavy atom. The molecule has 0 unspecified atom stereocenters. The van der Waals surface area contributed by atoms with Crippen LogP contribution in [0.4, 0.5) is 0 Å². The van der Waals surface area contributed by atoms with Crippen molar-refractivity contribution in [3.8, 4) is 0 Å². The lowest BCUT2D eigenvalue weighted by Crippen LogP contribution is -1.91. The molecule has 0 aliphatic rings. The molecule has 0 N–H and O–H groups in total. The maximum Gasteiger partial charge on any atom is -0.0202 e. The summed E-state index contributed by atoms with van der Waals surface area (Å²) in [5.41, 5.74) is 4.24. The van der Waals surface area contributed by atoms with Gasteiger partial charge in [0.1, 0.15) is 0 Å². The van der Waals surface area contributed by atoms with Gasteiger partial charge in [0.05, 0.1) is 0 Å². The van der Waals surface area contributed by atoms with Crippen LogP contribution in [0.5, 0.6) is 0 Å². The fourth-order valence-electron chi connectivity index (χ4n) is 1.79. The van der Waals surface area contributed by atoms with Gasteiger partial charge < -0.3 is 0 Å². The molecule has 0 fully saturated rings. The fraction of sp³-hybridized carbons (Fsp3) is 0.500. The van der Waals surface area contributed by atoms with Crippen LogP contribution in [0.15, 0.2) is 47.1 Å². The van der Waals surface area contributed by atoms with E-state index in [4.69, 9.17) is 0 Å². The third-order valence-corrected chi connectivity index (χ3v) is 2.57. The molecule has 0 aliphatic heterocycles. The minimum absolute atomic E-state index is 1.10. The van der Waals surface area contributed by atoms with Crippen LogP contribution < -0.4 is 0 Å². The Morgan fingerprint density at radius 1 is 1.00 bits per heavy atom. The van der Waals surface area contributed by atoms with E-state index in [-0.39, 0.29) is 0 Å². The Balaban J connectivity index is 5.23. The van der Waals surface area contributed by atoms with Crippen LogP contribution >= 0.6 is 0 Å². The number of hydrogen-bond acceptors (Lipinski definition) is 0. The van der Waals surface area contributed by atoms with E-state index in [1.807, 2.05) is 0 Å². The summed E-state index contributed by atoms with van der Waals surface area (Å²) in [5.74, 6) is 0. The van der Waals surface area contributed by atoms with Crippen LogP contribution in [-0.2, 0) is 0 Å². The van der Waals surface area contributed by atoms with Crippen molar-refractivity contribution in [1.29, 1.82) is 0 Å². The van der Waals surface area contributed by atoms with Crippen molar-refractivity contribution in [2.45, 2.75) is 53.9 Å². The van der Waals surface area contributed by atoms with E-state index in [9.17, 15) is 0 Å². The lowest BCUT2D eigenvalue weighted by Gasteiger charge is -2.11. The Morgan fingerprint density at radius 3 is 2.06 bits per heavy atom. The molecule has 90 valence electrons. The predicted molar refractivity (Wildman–Crippen MR) is 75.6 cm³/mol. The van der Waals surface area contributed by atoms with E-state index in [2.05, 4.69) is 65.0 Å². The second kappa shape index (κ2) is 9.21. The van der Waals surface area contributed by atoms with E-state index in [1.54, 1.807) is 0 Å². The van der Waals surface area contributed by atoms with E-state index < -0.39 is 0 Å². The molecule has 0 spiro atoms. The summed E-state index contributed by atoms with van der Waals surface area (Å²) in [6.45, 7) is 10.9. The maximum absolute atomic E-state index is 2.34. The average Bonchev–Trinajstić information content (AvgIpc) is 2.28. The lowest BCUT2D eigenvalue weighted by molar-refractivity contribution is 1.06. The zero-order valence-corrected chi connectivity index (χ0v) is 11.5. The Bertz CT molecular complexity index is 298. The zero-order valence-electron chi connectivity index (χ0n) is 11.5. The van der Waals surface area contributed by atoms with Gasteiger partial charge >= 0.3 is 0 Å². The monoisotopic (exact) mass is 218 g/mol. The van der Waals surface area contributed by atoms with Crippen molar-refractivity contribution in [2.24, 2.45) is 0 Å². The van der Waals surface area contributed by atoms with E-state index in [0.29, 0.717) is 0 Å². The minimum atomic E-state index is 1.10. The number of hydrogen-bond donors (Lipinski definition) is 0. The Hall–Kier alpha value is -1.04. The van der Waals surface area contributed by atoms with Gasteiger partial charge in [-0.1, -0.05) is 51.2 Å². The van der Waals surface area contributed by atoms with E-state index >= 15 is 0 Å². The molecule has 0 radical (unpaired) electrons. The molecule has 0 nitrogen and oxygen atoms in total. The first-order chi connectivity index (χ1) is 7.71. The normalized spacial score (nSPS) is 14.9. The first kappa shape index (κ1) is 15.0. The molecule has 0 aromatic carbocycles. The van der Waals surface area contributed by atoms with Crippen molar-refractivity contribution in [3.63, 3.8) is 0 Å². The molecular weight excluding hydrogens is 192 g/mol. The standard InChI is InChI=1S/C16H26/c1-6-10-13-16(14(5)11-7-2)15(9-4)12-8-3/h6,10-13H,7-9H2,1-5H3/b10-6-,14-11?,15-12+,16-13-. The summed E-state index contributed by atoms with van der Waals surface area (Å²) >= 11 is 0. The van der Waals surface area contributed by atoms with Crippen LogP contribution in [0.1, 0.15) is 53.9 Å². The van der Waals surface area contributed by atoms with Gasteiger partial charge in [-0.15, -0.1) is 0 Å². The topological polar surface area (TPSA) is 0 Å². The first-order valence-electron chi connectivity index (χ1n) is 6.40. The van der Waals surface area contributed by atoms with Gasteiger partial charge in [0.25, 0.3) is 0 Å². The van der Waals surface area contributed by atoms with Crippen molar-refractivity contribution >= 4 is 0 Å². The highest BCUT2D eigenvalue weighted by Crippen LogP contribution is 2.23. The van der Waals surface area contributed by atoms with E-state index in [0.717, 1.165) is 19.3 Å². The molecule has 0 aliphatic carbocycles. The maximum atomic E-state index is 2.34. The smallest absolute Gasteiger partial charge is 0.0202 e. The lowest BCUT2D eigenvalue weighted by atomic mass is 9.95. The van der Waals surface area contributed by atoms with Crippen molar-refractivity contribution in [3.05, 3.63) is 47.1 Å². The molecule has 0 atom stereocenters. The second-order valence-electron chi connectivity index (χ2n) is 3.89. The van der Waals surface area contributed by atoms with Gasteiger partial charge in [-0.05, 0) is 49.8 Å². The third kappa shape index (κ3) is 5.16. The highest BCUT2D eigenvalue weighted by atomic mass is 14.1. The molecule has 0 saturated heterocycles. The molecule has 0 rings (SSSR count). The molecule has 0 saturated carbocycles. The van der Waals surface area contributed by atoms with Crippen LogP contribution in [0, 0.1) is 0 Å². The van der Waals surface area contributed by atoms with Crippen LogP contribution in [-0.4, -0.2) is 0 Å². The van der Waals surface area contributed by atoms with Gasteiger partial charge in [-0.25, -0.2) is 0 Å². The fourth-order valence-corrected chi connectivity index (χ4v) is 1.79. The second-order valence-corrected chi connectivity index (χ2v) is 3.89. The summed E-state index contributed by atoms with van der Waals surface area (Å²) in [7, 11) is 0. The molecule has 0 aromatic rings. The molecular formula is C16H26. The molecule has 0 aromatic heterocycles. The third-order valence-electron chi connectivity index (χ3n) is 2.57. The van der Waals surface area contributed by atoms with Crippen molar-refractivity contribution in [2.75, 3.05) is 0 Å². The summed E-state index contributed by atoms with van der Waals surface area (Å²) < 4.78 is 0. The number of allylic oxidation sites excluding steroid dienone is 8. The van der Waals surface area contributed by atoms with Gasteiger partial charge in [0.2, 0.25) is 0 Å². The minimum Gasteiger partial charge on any atom is -0.0876 e. The summed E-state index contributed by atoms with van der Waals surface area (Å²) in [4.78, 5) is 0. The van der Waals surface area contributed by atoms with Gasteiger partial charge in [0, 0.05) is 0 Å². The van der Waals surface area contributed by atoms with Crippen molar-refractivity contribution in [1.82, 2.24) is 0 Å². The zero-order chi connectivity index (χ0) is 12.4. The summed E-state index contributed by atoms with van der Waals surface area (Å²) in [6.07, 6.45) is 14.4. The first-order valence-corrected chi connectivity index (χ1v) is 6.40. The average molecular weight is 218 g/mol. The molecule has 16 heavy (non-hydrogen) atoms. The van der Waals surface area contributed by atoms with Gasteiger partial charge in [0.15, 0.2) is 0 Å². The Kier molecular flexibility index (Phi) is 8.61. The highest BCUT2D eigenvalue weighted by Gasteiger charge is 2.03. The van der Waals surface area contributed by atoms with Crippen molar-refractivity contribution < 1.29 is 0 Å². The quantitative estimate of drug-likeness (QED) is 0.510. The predicted octanol–water partition coefficient (Wildman–Crippen LogP) is 5.59. The molecule has 0 heterocycles. The molecule has 0 amide bonds. The molecule has 0 bridgehead atoms. The molecule has 0 heteroatoms. The van der Waals surface area contributed by atoms with Crippen LogP contribution in [0.25, 0.3) is 0 Å². The number of rotatable bonds is 6. The largest absolute Gasteiger partial charge is 0.0876 e. The van der Waals surface area contributed by atoms with Crippen LogP contribution in [0.2, 0.25) is 0 Å². The van der Waals surface area contributed by atoms with Gasteiger partial charge in [-0.2, -0.15) is 0 Å². The van der Waals surface area contributed by atoms with E-state index in [1.165, 1.54) is 16.7 Å². The summed E-state index contributed by atoms with van der Waals surface area (Å²) in [6, 6.07) is 0. The highest BCUT2D eigenvalue weighted by molar-refractivity contribution is 5.47. The Labute approximate surface area is 101 Å². The van der Waals surface area contributed by atoms with Gasteiger partial charge in [-0.3, -0.25) is 0 Å².